The molecule has 0 saturated carbocycles. The third-order valence-electron chi connectivity index (χ3n) is 6.30. The summed E-state index contributed by atoms with van der Waals surface area (Å²) in [6.07, 6.45) is 0.365. The highest BCUT2D eigenvalue weighted by Gasteiger charge is 2.34. The van der Waals surface area contributed by atoms with Crippen molar-refractivity contribution in [3.8, 4) is 5.75 Å². The van der Waals surface area contributed by atoms with Crippen LogP contribution in [0.25, 0.3) is 0 Å². The van der Waals surface area contributed by atoms with Gasteiger partial charge in [-0.1, -0.05) is 61.5 Å². The first-order chi connectivity index (χ1) is 18.2. The zero-order chi connectivity index (χ0) is 27.7. The maximum absolute atomic E-state index is 14.0. The largest absolute Gasteiger partial charge is 0.495 e. The van der Waals surface area contributed by atoms with Crippen LogP contribution in [0, 0.1) is 6.92 Å². The summed E-state index contributed by atoms with van der Waals surface area (Å²) in [6.45, 7) is 5.64. The molecular formula is C29H35N3O5S. The van der Waals surface area contributed by atoms with E-state index in [0.717, 1.165) is 15.4 Å². The molecule has 9 heteroatoms. The van der Waals surface area contributed by atoms with E-state index in [1.165, 1.54) is 24.1 Å². The number of para-hydroxylation sites is 2. The Kier molecular flexibility index (Phi) is 9.90. The number of benzene rings is 3. The number of carbonyl (C=O) groups is 2. The molecule has 1 N–H and O–H groups in total. The Morgan fingerprint density at radius 2 is 1.55 bits per heavy atom. The van der Waals surface area contributed by atoms with Gasteiger partial charge in [0.1, 0.15) is 18.3 Å². The number of rotatable bonds is 12. The lowest BCUT2D eigenvalue weighted by molar-refractivity contribution is -0.140. The minimum absolute atomic E-state index is 0.0416. The van der Waals surface area contributed by atoms with Crippen LogP contribution in [0.15, 0.2) is 83.8 Å². The van der Waals surface area contributed by atoms with E-state index in [1.807, 2.05) is 45.0 Å². The van der Waals surface area contributed by atoms with Gasteiger partial charge in [-0.25, -0.2) is 8.42 Å². The number of sulfonamides is 1. The Bertz CT molecular complexity index is 1350. The van der Waals surface area contributed by atoms with Crippen molar-refractivity contribution >= 4 is 27.5 Å². The first-order valence-corrected chi connectivity index (χ1v) is 14.0. The first kappa shape index (κ1) is 28.7. The summed E-state index contributed by atoms with van der Waals surface area (Å²) in [5, 5.41) is 2.81. The predicted octanol–water partition coefficient (Wildman–Crippen LogP) is 4.14. The molecule has 3 aromatic rings. The summed E-state index contributed by atoms with van der Waals surface area (Å²) < 4.78 is 34.2. The van der Waals surface area contributed by atoms with Crippen molar-refractivity contribution in [3.63, 3.8) is 0 Å². The second-order valence-electron chi connectivity index (χ2n) is 8.76. The first-order valence-electron chi connectivity index (χ1n) is 12.6. The average Bonchev–Trinajstić information content (AvgIpc) is 2.93. The molecule has 0 fully saturated rings. The van der Waals surface area contributed by atoms with Gasteiger partial charge in [-0.15, -0.1) is 0 Å². The van der Waals surface area contributed by atoms with Crippen molar-refractivity contribution in [1.82, 2.24) is 10.2 Å². The second-order valence-corrected chi connectivity index (χ2v) is 10.6. The second kappa shape index (κ2) is 13.1. The van der Waals surface area contributed by atoms with Gasteiger partial charge in [-0.05, 0) is 55.7 Å². The van der Waals surface area contributed by atoms with Crippen molar-refractivity contribution < 1.29 is 22.7 Å². The number of nitrogens with one attached hydrogen (secondary N) is 1. The Morgan fingerprint density at radius 3 is 2.18 bits per heavy atom. The molecule has 0 spiro atoms. The summed E-state index contributed by atoms with van der Waals surface area (Å²) in [5.74, 6) is -0.482. The molecule has 0 aliphatic heterocycles. The van der Waals surface area contributed by atoms with Crippen LogP contribution >= 0.6 is 0 Å². The summed E-state index contributed by atoms with van der Waals surface area (Å²) in [5.41, 5.74) is 2.07. The highest BCUT2D eigenvalue weighted by atomic mass is 32.2. The lowest BCUT2D eigenvalue weighted by Crippen LogP contribution is -2.52. The van der Waals surface area contributed by atoms with Gasteiger partial charge in [0.2, 0.25) is 11.8 Å². The van der Waals surface area contributed by atoms with Crippen LogP contribution in [0.5, 0.6) is 5.75 Å². The number of methoxy groups -OCH3 is 1. The van der Waals surface area contributed by atoms with E-state index in [9.17, 15) is 18.0 Å². The van der Waals surface area contributed by atoms with Crippen molar-refractivity contribution in [3.05, 3.63) is 90.0 Å². The van der Waals surface area contributed by atoms with E-state index >= 15 is 0 Å². The Balaban J connectivity index is 2.10. The third-order valence-corrected chi connectivity index (χ3v) is 8.08. The summed E-state index contributed by atoms with van der Waals surface area (Å²) >= 11 is 0. The van der Waals surface area contributed by atoms with E-state index in [4.69, 9.17) is 4.74 Å². The van der Waals surface area contributed by atoms with Gasteiger partial charge in [0.15, 0.2) is 0 Å². The number of amides is 2. The molecule has 0 radical (unpaired) electrons. The maximum Gasteiger partial charge on any atom is 0.264 e. The van der Waals surface area contributed by atoms with Crippen LogP contribution in [0.1, 0.15) is 31.4 Å². The molecule has 38 heavy (non-hydrogen) atoms. The zero-order valence-corrected chi connectivity index (χ0v) is 23.1. The fourth-order valence-corrected chi connectivity index (χ4v) is 5.70. The van der Waals surface area contributed by atoms with Gasteiger partial charge in [0, 0.05) is 13.1 Å². The van der Waals surface area contributed by atoms with Crippen LogP contribution in [0.3, 0.4) is 0 Å². The number of anilines is 1. The Labute approximate surface area is 225 Å². The summed E-state index contributed by atoms with van der Waals surface area (Å²) in [6, 6.07) is 21.4. The average molecular weight is 538 g/mol. The van der Waals surface area contributed by atoms with E-state index in [2.05, 4.69) is 5.32 Å². The standard InChI is InChI=1S/C29H35N3O5S/c1-5-25(29(34)30-6-2)31(20-23-15-11-10-14-22(23)3)28(33)21-32(26-18-12-13-19-27(26)37-4)38(35,36)24-16-8-7-9-17-24/h7-19,25H,5-6,20-21H2,1-4H3,(H,30,34). The van der Waals surface area contributed by atoms with Gasteiger partial charge in [0.05, 0.1) is 17.7 Å². The number of hydrogen-bond donors (Lipinski definition) is 1. The van der Waals surface area contributed by atoms with E-state index in [0.29, 0.717) is 18.7 Å². The van der Waals surface area contributed by atoms with Crippen LogP contribution in [-0.2, 0) is 26.2 Å². The summed E-state index contributed by atoms with van der Waals surface area (Å²) in [4.78, 5) is 28.6. The fraction of sp³-hybridized carbons (Fsp3) is 0.310. The predicted molar refractivity (Wildman–Crippen MR) is 148 cm³/mol. The van der Waals surface area contributed by atoms with Crippen LogP contribution in [-0.4, -0.2) is 51.4 Å². The van der Waals surface area contributed by atoms with E-state index in [1.54, 1.807) is 42.5 Å². The molecule has 0 heterocycles. The monoisotopic (exact) mass is 537 g/mol. The van der Waals surface area contributed by atoms with Gasteiger partial charge >= 0.3 is 0 Å². The topological polar surface area (TPSA) is 96.0 Å². The van der Waals surface area contributed by atoms with Crippen molar-refractivity contribution in [2.24, 2.45) is 0 Å². The van der Waals surface area contributed by atoms with Crippen molar-refractivity contribution in [2.45, 2.75) is 44.7 Å². The maximum atomic E-state index is 14.0. The number of nitrogens with zero attached hydrogens (tertiary/aromatic N) is 2. The fourth-order valence-electron chi connectivity index (χ4n) is 4.25. The number of hydrogen-bond acceptors (Lipinski definition) is 5. The van der Waals surface area contributed by atoms with Gasteiger partial charge in [-0.3, -0.25) is 13.9 Å². The molecule has 0 saturated heterocycles. The smallest absolute Gasteiger partial charge is 0.264 e. The molecule has 1 atom stereocenters. The zero-order valence-electron chi connectivity index (χ0n) is 22.3. The Morgan fingerprint density at radius 1 is 0.921 bits per heavy atom. The number of carbonyl (C=O) groups excluding carboxylic acids is 2. The van der Waals surface area contributed by atoms with Gasteiger partial charge in [0.25, 0.3) is 10.0 Å². The molecule has 0 aliphatic carbocycles. The molecule has 2 amide bonds. The molecule has 8 nitrogen and oxygen atoms in total. The lowest BCUT2D eigenvalue weighted by atomic mass is 10.1. The van der Waals surface area contributed by atoms with Gasteiger partial charge in [-0.2, -0.15) is 0 Å². The van der Waals surface area contributed by atoms with Crippen molar-refractivity contribution in [1.29, 1.82) is 0 Å². The molecule has 1 unspecified atom stereocenters. The molecule has 202 valence electrons. The normalized spacial score (nSPS) is 11.9. The lowest BCUT2D eigenvalue weighted by Gasteiger charge is -2.33. The molecule has 0 aromatic heterocycles. The van der Waals surface area contributed by atoms with E-state index < -0.39 is 28.5 Å². The Hall–Kier alpha value is -3.85. The number of aryl methyl sites for hydroxylation is 1. The molecule has 0 aliphatic rings. The van der Waals surface area contributed by atoms with Crippen LogP contribution in [0.2, 0.25) is 0 Å². The minimum Gasteiger partial charge on any atom is -0.495 e. The molecule has 3 aromatic carbocycles. The quantitative estimate of drug-likeness (QED) is 0.375. The number of likely N-dealkylation sites (N-methyl/N-ethyl adjacent to an activating group) is 1. The van der Waals surface area contributed by atoms with Gasteiger partial charge < -0.3 is 15.0 Å². The third kappa shape index (κ3) is 6.52. The highest BCUT2D eigenvalue weighted by molar-refractivity contribution is 7.92. The minimum atomic E-state index is -4.15. The van der Waals surface area contributed by atoms with E-state index in [-0.39, 0.29) is 23.0 Å². The number of ether oxygens (including phenoxy) is 1. The molecule has 0 bridgehead atoms. The highest BCUT2D eigenvalue weighted by Crippen LogP contribution is 2.32. The van der Waals surface area contributed by atoms with Crippen molar-refractivity contribution in [2.75, 3.05) is 24.5 Å². The van der Waals surface area contributed by atoms with Crippen LogP contribution < -0.4 is 14.4 Å². The van der Waals surface area contributed by atoms with Crippen LogP contribution in [0.4, 0.5) is 5.69 Å². The summed E-state index contributed by atoms with van der Waals surface area (Å²) in [7, 11) is -2.71. The molecular weight excluding hydrogens is 502 g/mol. The molecule has 3 rings (SSSR count). The SMILES string of the molecule is CCNC(=O)C(CC)N(Cc1ccccc1C)C(=O)CN(c1ccccc1OC)S(=O)(=O)c1ccccc1.